The number of nitrogens with two attached hydrogens (primary N) is 1. The summed E-state index contributed by atoms with van der Waals surface area (Å²) >= 11 is 5.92. The van der Waals surface area contributed by atoms with Crippen LogP contribution >= 0.6 is 11.6 Å². The van der Waals surface area contributed by atoms with Gasteiger partial charge in [-0.1, -0.05) is 23.7 Å². The van der Waals surface area contributed by atoms with Gasteiger partial charge in [0.25, 0.3) is 0 Å². The summed E-state index contributed by atoms with van der Waals surface area (Å²) in [6.45, 7) is -0.0150. The Bertz CT molecular complexity index is 1420. The fourth-order valence-corrected chi connectivity index (χ4v) is 3.44. The van der Waals surface area contributed by atoms with Gasteiger partial charge < -0.3 is 24.7 Å². The molecule has 4 aromatic rings. The molecule has 0 unspecified atom stereocenters. The third-order valence-electron chi connectivity index (χ3n) is 4.92. The first-order valence-corrected chi connectivity index (χ1v) is 10.7. The highest BCUT2D eigenvalue weighted by Gasteiger charge is 2.22. The van der Waals surface area contributed by atoms with Crippen LogP contribution in [0.25, 0.3) is 22.6 Å². The Morgan fingerprint density at radius 1 is 0.943 bits per heavy atom. The molecule has 0 spiro atoms. The van der Waals surface area contributed by atoms with Crippen molar-refractivity contribution in [1.82, 2.24) is 9.97 Å². The SMILES string of the molecule is N#Cc1c(N)nc(OCc2coc(-c3ccc(Cl)cc3)n2)c(C#N)c1-c1ccc(OCCO)cc1. The molecule has 0 aliphatic heterocycles. The van der Waals surface area contributed by atoms with Crippen LogP contribution in [0.5, 0.6) is 11.6 Å². The van der Waals surface area contributed by atoms with Crippen LogP contribution in [0.1, 0.15) is 16.8 Å². The number of nitrogen functional groups attached to an aromatic ring is 1. The van der Waals surface area contributed by atoms with Gasteiger partial charge in [-0.25, -0.2) is 4.98 Å². The van der Waals surface area contributed by atoms with Crippen LogP contribution in [0.4, 0.5) is 5.82 Å². The summed E-state index contributed by atoms with van der Waals surface area (Å²) < 4.78 is 16.7. The molecule has 2 heterocycles. The van der Waals surface area contributed by atoms with Gasteiger partial charge in [0, 0.05) is 16.1 Å². The molecule has 0 aliphatic rings. The Morgan fingerprint density at radius 2 is 1.63 bits per heavy atom. The zero-order valence-electron chi connectivity index (χ0n) is 18.2. The molecule has 2 aromatic heterocycles. The van der Waals surface area contributed by atoms with Gasteiger partial charge in [0.1, 0.15) is 60.0 Å². The average Bonchev–Trinajstić information content (AvgIpc) is 3.35. The third kappa shape index (κ3) is 5.17. The number of nitrogens with zero attached hydrogens (tertiary/aromatic N) is 4. The normalized spacial score (nSPS) is 10.4. The van der Waals surface area contributed by atoms with Gasteiger partial charge in [0.05, 0.1) is 6.61 Å². The van der Waals surface area contributed by atoms with E-state index < -0.39 is 0 Å². The molecule has 0 saturated heterocycles. The van der Waals surface area contributed by atoms with Gasteiger partial charge in [-0.2, -0.15) is 15.5 Å². The van der Waals surface area contributed by atoms with Gasteiger partial charge >= 0.3 is 0 Å². The molecule has 0 amide bonds. The van der Waals surface area contributed by atoms with Crippen molar-refractivity contribution < 1.29 is 19.0 Å². The van der Waals surface area contributed by atoms with Gasteiger partial charge in [-0.3, -0.25) is 0 Å². The zero-order valence-corrected chi connectivity index (χ0v) is 19.0. The quantitative estimate of drug-likeness (QED) is 0.369. The number of halogens is 1. The van der Waals surface area contributed by atoms with Gasteiger partial charge in [0.15, 0.2) is 0 Å². The van der Waals surface area contributed by atoms with E-state index in [9.17, 15) is 10.5 Å². The van der Waals surface area contributed by atoms with E-state index in [1.165, 1.54) is 6.26 Å². The number of pyridine rings is 1. The van der Waals surface area contributed by atoms with E-state index in [-0.39, 0.29) is 42.6 Å². The van der Waals surface area contributed by atoms with E-state index in [0.29, 0.717) is 33.5 Å². The minimum absolute atomic E-state index is 0.0318. The first-order chi connectivity index (χ1) is 17.0. The van der Waals surface area contributed by atoms with Crippen LogP contribution in [-0.2, 0) is 6.61 Å². The second-order valence-corrected chi connectivity index (χ2v) is 7.62. The first-order valence-electron chi connectivity index (χ1n) is 10.3. The highest BCUT2D eigenvalue weighted by molar-refractivity contribution is 6.30. The monoisotopic (exact) mass is 487 g/mol. The van der Waals surface area contributed by atoms with Crippen molar-refractivity contribution in [3.05, 3.63) is 76.6 Å². The fraction of sp³-hybridized carbons (Fsp3) is 0.120. The van der Waals surface area contributed by atoms with Crippen molar-refractivity contribution in [3.63, 3.8) is 0 Å². The number of hydrogen-bond donors (Lipinski definition) is 2. The van der Waals surface area contributed by atoms with E-state index in [1.54, 1.807) is 48.5 Å². The maximum absolute atomic E-state index is 9.90. The number of anilines is 1. The summed E-state index contributed by atoms with van der Waals surface area (Å²) in [6, 6.07) is 17.8. The number of rotatable bonds is 8. The molecule has 35 heavy (non-hydrogen) atoms. The van der Waals surface area contributed by atoms with Crippen LogP contribution in [0.2, 0.25) is 5.02 Å². The molecular formula is C25H18ClN5O4. The Kier molecular flexibility index (Phi) is 7.12. The minimum Gasteiger partial charge on any atom is -0.491 e. The Morgan fingerprint density at radius 3 is 2.29 bits per heavy atom. The third-order valence-corrected chi connectivity index (χ3v) is 5.17. The summed E-state index contributed by atoms with van der Waals surface area (Å²) in [7, 11) is 0. The second kappa shape index (κ2) is 10.6. The summed E-state index contributed by atoms with van der Waals surface area (Å²) in [5.41, 5.74) is 8.21. The predicted molar refractivity (Wildman–Crippen MR) is 127 cm³/mol. The number of oxazole rings is 1. The van der Waals surface area contributed by atoms with E-state index in [4.69, 9.17) is 36.3 Å². The minimum atomic E-state index is -0.118. The van der Waals surface area contributed by atoms with Gasteiger partial charge in [-0.15, -0.1) is 0 Å². The lowest BCUT2D eigenvalue weighted by molar-refractivity contribution is 0.201. The molecule has 0 radical (unpaired) electrons. The summed E-state index contributed by atoms with van der Waals surface area (Å²) in [5.74, 6) is 0.813. The number of nitriles is 2. The van der Waals surface area contributed by atoms with Gasteiger partial charge in [0.2, 0.25) is 11.8 Å². The van der Waals surface area contributed by atoms with Crippen LogP contribution in [0, 0.1) is 22.7 Å². The van der Waals surface area contributed by atoms with Crippen LogP contribution in [-0.4, -0.2) is 28.3 Å². The summed E-state index contributed by atoms with van der Waals surface area (Å²) in [5, 5.41) is 29.1. The lowest BCUT2D eigenvalue weighted by Crippen LogP contribution is -2.06. The molecule has 10 heteroatoms. The molecule has 174 valence electrons. The second-order valence-electron chi connectivity index (χ2n) is 7.19. The largest absolute Gasteiger partial charge is 0.491 e. The molecule has 0 aliphatic carbocycles. The lowest BCUT2D eigenvalue weighted by Gasteiger charge is -2.14. The van der Waals surface area contributed by atoms with Gasteiger partial charge in [-0.05, 0) is 42.0 Å². The molecule has 0 fully saturated rings. The standard InChI is InChI=1S/C25H18ClN5O4/c26-17-5-1-16(2-6-17)24-30-18(13-34-24)14-35-25-21(12-28)22(20(11-27)23(29)31-25)15-3-7-19(8-4-15)33-10-9-32/h1-8,13,32H,9-10,14H2,(H2,29,31). The molecule has 4 rings (SSSR count). The van der Waals surface area contributed by atoms with Crippen molar-refractivity contribution in [2.24, 2.45) is 0 Å². The van der Waals surface area contributed by atoms with Crippen molar-refractivity contribution in [1.29, 1.82) is 10.5 Å². The fourth-order valence-electron chi connectivity index (χ4n) is 3.31. The number of aliphatic hydroxyl groups excluding tert-OH is 1. The first kappa shape index (κ1) is 23.6. The highest BCUT2D eigenvalue weighted by Crippen LogP contribution is 2.36. The molecule has 0 atom stereocenters. The maximum Gasteiger partial charge on any atom is 0.234 e. The molecule has 0 saturated carbocycles. The van der Waals surface area contributed by atoms with E-state index >= 15 is 0 Å². The number of aliphatic hydroxyl groups is 1. The van der Waals surface area contributed by atoms with Crippen LogP contribution in [0.3, 0.4) is 0 Å². The van der Waals surface area contributed by atoms with Crippen molar-refractivity contribution in [2.45, 2.75) is 6.61 Å². The number of hydrogen-bond acceptors (Lipinski definition) is 9. The Balaban J connectivity index is 1.63. The predicted octanol–water partition coefficient (Wildman–Crippen LogP) is 4.33. The Labute approximate surface area is 205 Å². The Hall–Kier alpha value is -4.57. The molecule has 0 bridgehead atoms. The number of benzene rings is 2. The lowest BCUT2D eigenvalue weighted by atomic mass is 9.96. The topological polar surface area (TPSA) is 151 Å². The van der Waals surface area contributed by atoms with Crippen LogP contribution in [0.15, 0.2) is 59.2 Å². The van der Waals surface area contributed by atoms with E-state index in [1.807, 2.05) is 6.07 Å². The maximum atomic E-state index is 9.90. The summed E-state index contributed by atoms with van der Waals surface area (Å²) in [4.78, 5) is 8.52. The number of aromatic nitrogens is 2. The zero-order chi connectivity index (χ0) is 24.8. The molecular weight excluding hydrogens is 470 g/mol. The molecule has 2 aromatic carbocycles. The van der Waals surface area contributed by atoms with Crippen molar-refractivity contribution in [2.75, 3.05) is 18.9 Å². The smallest absolute Gasteiger partial charge is 0.234 e. The average molecular weight is 488 g/mol. The van der Waals surface area contributed by atoms with Crippen molar-refractivity contribution in [3.8, 4) is 46.3 Å². The van der Waals surface area contributed by atoms with E-state index in [2.05, 4.69) is 16.0 Å². The van der Waals surface area contributed by atoms with E-state index in [0.717, 1.165) is 5.56 Å². The molecule has 3 N–H and O–H groups in total. The highest BCUT2D eigenvalue weighted by atomic mass is 35.5. The van der Waals surface area contributed by atoms with Crippen molar-refractivity contribution >= 4 is 17.4 Å². The number of ether oxygens (including phenoxy) is 2. The van der Waals surface area contributed by atoms with Crippen LogP contribution < -0.4 is 15.2 Å². The summed E-state index contributed by atoms with van der Waals surface area (Å²) in [6.07, 6.45) is 1.44. The molecule has 9 nitrogen and oxygen atoms in total.